The molecule has 0 saturated carbocycles. The summed E-state index contributed by atoms with van der Waals surface area (Å²) in [5, 5.41) is 10.5. The van der Waals surface area contributed by atoms with Gasteiger partial charge in [0.2, 0.25) is 0 Å². The van der Waals surface area contributed by atoms with Gasteiger partial charge in [0, 0.05) is 25.7 Å². The normalized spacial score (nSPS) is 14.2. The fraction of sp³-hybridized carbons (Fsp3) is 0.937. The van der Waals surface area contributed by atoms with Crippen LogP contribution in [0.2, 0.25) is 0 Å². The molecule has 0 aliphatic rings. The van der Waals surface area contributed by atoms with Crippen molar-refractivity contribution in [1.29, 1.82) is 0 Å². The second kappa shape index (κ2) is 58.1. The molecular formula is C63H122O17P2. The Morgan fingerprint density at radius 1 is 0.293 bits per heavy atom. The van der Waals surface area contributed by atoms with Crippen LogP contribution in [0.15, 0.2) is 0 Å². The van der Waals surface area contributed by atoms with Gasteiger partial charge in [0.15, 0.2) is 12.2 Å². The van der Waals surface area contributed by atoms with Gasteiger partial charge in [-0.2, -0.15) is 0 Å². The smallest absolute Gasteiger partial charge is 0.462 e. The first-order chi connectivity index (χ1) is 39.7. The Hall–Kier alpha value is -1.94. The molecule has 0 aromatic carbocycles. The number of carbonyl (C=O) groups is 4. The Morgan fingerprint density at radius 2 is 0.488 bits per heavy atom. The topological polar surface area (TPSA) is 237 Å². The van der Waals surface area contributed by atoms with Gasteiger partial charge in [0.25, 0.3) is 0 Å². The predicted molar refractivity (Wildman–Crippen MR) is 326 cm³/mol. The highest BCUT2D eigenvalue weighted by Gasteiger charge is 2.30. The molecule has 0 aromatic heterocycles. The average molecular weight is 1210 g/mol. The van der Waals surface area contributed by atoms with Crippen LogP contribution in [0.4, 0.5) is 0 Å². The van der Waals surface area contributed by atoms with Crippen molar-refractivity contribution >= 4 is 39.5 Å². The number of rotatable bonds is 64. The van der Waals surface area contributed by atoms with E-state index in [0.29, 0.717) is 25.7 Å². The standard InChI is InChI=1S/C63H122O17P2/c1-5-9-13-17-20-22-24-26-27-28-29-30-31-33-35-38-42-46-50-63(68)80-59(54-74-61(66)48-44-40-37-34-32-25-23-21-18-14-10-6-2)56-78-82(71,72)76-52-57(64)51-75-81(69,70)77-55-58(53-73-60(65)47-43-39-16-12-8-4)79-62(67)49-45-41-36-19-15-11-7-3/h57-59,64H,5-56H2,1-4H3,(H,69,70)(H,71,72)/t57-,58+,59+/m0/s1. The summed E-state index contributed by atoms with van der Waals surface area (Å²) in [4.78, 5) is 71.8. The summed E-state index contributed by atoms with van der Waals surface area (Å²) in [6, 6.07) is 0. The van der Waals surface area contributed by atoms with Gasteiger partial charge in [-0.1, -0.05) is 272 Å². The summed E-state index contributed by atoms with van der Waals surface area (Å²) >= 11 is 0. The number of aliphatic hydroxyl groups is 1. The number of esters is 4. The Morgan fingerprint density at radius 3 is 0.720 bits per heavy atom. The summed E-state index contributed by atoms with van der Waals surface area (Å²) in [6.07, 6.45) is 43.6. The minimum atomic E-state index is -4.94. The van der Waals surface area contributed by atoms with E-state index in [0.717, 1.165) is 109 Å². The molecule has 486 valence electrons. The number of aliphatic hydroxyl groups excluding tert-OH is 1. The maximum Gasteiger partial charge on any atom is 0.472 e. The SMILES string of the molecule is CCCCCCCCCCCCCCCCCCCCC(=O)O[C@H](COC(=O)CCCCCCCCCCCCCC)COP(=O)(O)OC[C@@H](O)COP(=O)(O)OC[C@@H](COC(=O)CCCCCCC)OC(=O)CCCCCCCCC. The van der Waals surface area contributed by atoms with E-state index in [1.807, 2.05) is 0 Å². The van der Waals surface area contributed by atoms with Crippen LogP contribution in [0.5, 0.6) is 0 Å². The molecule has 5 atom stereocenters. The lowest BCUT2D eigenvalue weighted by molar-refractivity contribution is -0.161. The van der Waals surface area contributed by atoms with Crippen LogP contribution in [0.3, 0.4) is 0 Å². The lowest BCUT2D eigenvalue weighted by Gasteiger charge is -2.21. The molecule has 0 amide bonds. The van der Waals surface area contributed by atoms with Crippen LogP contribution >= 0.6 is 15.6 Å². The van der Waals surface area contributed by atoms with E-state index in [2.05, 4.69) is 27.7 Å². The molecule has 0 saturated heterocycles. The highest BCUT2D eigenvalue weighted by atomic mass is 31.2. The first kappa shape index (κ1) is 80.1. The molecule has 0 spiro atoms. The summed E-state index contributed by atoms with van der Waals surface area (Å²) in [7, 11) is -9.87. The Kier molecular flexibility index (Phi) is 56.7. The molecule has 0 aliphatic heterocycles. The molecule has 19 heteroatoms. The molecule has 0 bridgehead atoms. The van der Waals surface area contributed by atoms with E-state index in [4.69, 9.17) is 37.0 Å². The molecule has 82 heavy (non-hydrogen) atoms. The van der Waals surface area contributed by atoms with E-state index in [9.17, 15) is 43.2 Å². The zero-order chi connectivity index (χ0) is 60.5. The van der Waals surface area contributed by atoms with Crippen molar-refractivity contribution in [2.75, 3.05) is 39.6 Å². The number of phosphoric ester groups is 2. The molecule has 3 N–H and O–H groups in total. The molecule has 0 radical (unpaired) electrons. The Bertz CT molecular complexity index is 1590. The third-order valence-corrected chi connectivity index (χ3v) is 16.5. The summed E-state index contributed by atoms with van der Waals surface area (Å²) in [6.45, 7) is 4.76. The molecule has 0 rings (SSSR count). The fourth-order valence-corrected chi connectivity index (χ4v) is 11.0. The first-order valence-electron chi connectivity index (χ1n) is 33.3. The molecule has 0 aliphatic carbocycles. The third-order valence-electron chi connectivity index (χ3n) is 14.6. The minimum Gasteiger partial charge on any atom is -0.462 e. The van der Waals surface area contributed by atoms with Crippen LogP contribution in [-0.4, -0.2) is 96.7 Å². The lowest BCUT2D eigenvalue weighted by Crippen LogP contribution is -2.30. The van der Waals surface area contributed by atoms with Crippen molar-refractivity contribution in [2.45, 2.75) is 341 Å². The van der Waals surface area contributed by atoms with Gasteiger partial charge >= 0.3 is 39.5 Å². The van der Waals surface area contributed by atoms with Crippen LogP contribution in [0.1, 0.15) is 323 Å². The molecular weight excluding hydrogens is 1090 g/mol. The molecule has 0 heterocycles. The number of hydrogen-bond acceptors (Lipinski definition) is 15. The number of phosphoric acid groups is 2. The van der Waals surface area contributed by atoms with Crippen LogP contribution in [0, 0.1) is 0 Å². The monoisotopic (exact) mass is 1210 g/mol. The minimum absolute atomic E-state index is 0.103. The van der Waals surface area contributed by atoms with Gasteiger partial charge in [0.05, 0.1) is 26.4 Å². The van der Waals surface area contributed by atoms with Gasteiger partial charge in [-0.25, -0.2) is 9.13 Å². The maximum atomic E-state index is 13.0. The molecule has 0 aromatic rings. The number of ether oxygens (including phenoxy) is 4. The molecule has 17 nitrogen and oxygen atoms in total. The van der Waals surface area contributed by atoms with Crippen molar-refractivity contribution in [3.8, 4) is 0 Å². The van der Waals surface area contributed by atoms with Crippen molar-refractivity contribution in [3.63, 3.8) is 0 Å². The van der Waals surface area contributed by atoms with Crippen LogP contribution in [0.25, 0.3) is 0 Å². The highest BCUT2D eigenvalue weighted by molar-refractivity contribution is 7.47. The highest BCUT2D eigenvalue weighted by Crippen LogP contribution is 2.45. The third kappa shape index (κ3) is 57.2. The van der Waals surface area contributed by atoms with E-state index in [1.54, 1.807) is 0 Å². The van der Waals surface area contributed by atoms with Crippen molar-refractivity contribution in [2.24, 2.45) is 0 Å². The van der Waals surface area contributed by atoms with E-state index in [-0.39, 0.29) is 25.7 Å². The lowest BCUT2D eigenvalue weighted by atomic mass is 10.0. The maximum absolute atomic E-state index is 13.0. The Balaban J connectivity index is 5.11. The zero-order valence-corrected chi connectivity index (χ0v) is 54.2. The largest absolute Gasteiger partial charge is 0.472 e. The number of carbonyl (C=O) groups excluding carboxylic acids is 4. The van der Waals surface area contributed by atoms with Crippen molar-refractivity contribution in [1.82, 2.24) is 0 Å². The van der Waals surface area contributed by atoms with Gasteiger partial charge in [-0.15, -0.1) is 0 Å². The van der Waals surface area contributed by atoms with Crippen molar-refractivity contribution in [3.05, 3.63) is 0 Å². The summed E-state index contributed by atoms with van der Waals surface area (Å²) < 4.78 is 67.6. The van der Waals surface area contributed by atoms with Gasteiger partial charge in [0.1, 0.15) is 19.3 Å². The van der Waals surface area contributed by atoms with E-state index >= 15 is 0 Å². The van der Waals surface area contributed by atoms with Crippen LogP contribution < -0.4 is 0 Å². The number of hydrogen-bond donors (Lipinski definition) is 3. The van der Waals surface area contributed by atoms with Gasteiger partial charge < -0.3 is 33.8 Å². The predicted octanol–water partition coefficient (Wildman–Crippen LogP) is 17.5. The fourth-order valence-electron chi connectivity index (χ4n) is 9.46. The average Bonchev–Trinajstić information content (AvgIpc) is 3.47. The second-order valence-corrected chi connectivity index (χ2v) is 25.7. The van der Waals surface area contributed by atoms with E-state index < -0.39 is 97.5 Å². The number of unbranched alkanes of at least 4 members (excludes halogenated alkanes) is 38. The quantitative estimate of drug-likeness (QED) is 0.0222. The second-order valence-electron chi connectivity index (χ2n) is 22.8. The van der Waals surface area contributed by atoms with Gasteiger partial charge in [-0.3, -0.25) is 37.3 Å². The van der Waals surface area contributed by atoms with Gasteiger partial charge in [-0.05, 0) is 25.7 Å². The Labute approximate surface area is 498 Å². The zero-order valence-electron chi connectivity index (χ0n) is 52.5. The first-order valence-corrected chi connectivity index (χ1v) is 36.3. The van der Waals surface area contributed by atoms with Crippen LogP contribution in [-0.2, 0) is 65.4 Å². The van der Waals surface area contributed by atoms with Crippen molar-refractivity contribution < 1.29 is 80.2 Å². The molecule has 2 unspecified atom stereocenters. The van der Waals surface area contributed by atoms with E-state index in [1.165, 1.54) is 135 Å². The molecule has 0 fully saturated rings. The summed E-state index contributed by atoms with van der Waals surface area (Å²) in [5.41, 5.74) is 0. The summed E-state index contributed by atoms with van der Waals surface area (Å²) in [5.74, 6) is -2.15.